The number of benzene rings is 1. The van der Waals surface area contributed by atoms with Crippen LogP contribution in [0.1, 0.15) is 25.8 Å². The Bertz CT molecular complexity index is 440. The van der Waals surface area contributed by atoms with Gasteiger partial charge in [-0.3, -0.25) is 0 Å². The molecule has 1 aromatic carbocycles. The van der Waals surface area contributed by atoms with Gasteiger partial charge in [0.25, 0.3) is 0 Å². The van der Waals surface area contributed by atoms with Gasteiger partial charge in [-0.05, 0) is 35.6 Å². The Morgan fingerprint density at radius 3 is 2.35 bits per heavy atom. The SMILES string of the molecule is CN(C)c1ccc(F)cc1C1(CN)CC1(C)C. The first kappa shape index (κ1) is 12.4. The molecule has 94 valence electrons. The maximum absolute atomic E-state index is 13.5. The van der Waals surface area contributed by atoms with Gasteiger partial charge in [0.2, 0.25) is 0 Å². The van der Waals surface area contributed by atoms with E-state index in [1.807, 2.05) is 25.1 Å². The summed E-state index contributed by atoms with van der Waals surface area (Å²) in [5, 5.41) is 0. The Hall–Kier alpha value is -1.09. The van der Waals surface area contributed by atoms with Crippen molar-refractivity contribution >= 4 is 5.69 Å². The Balaban J connectivity index is 2.55. The van der Waals surface area contributed by atoms with E-state index in [-0.39, 0.29) is 16.6 Å². The van der Waals surface area contributed by atoms with Crippen LogP contribution in [0.4, 0.5) is 10.1 Å². The van der Waals surface area contributed by atoms with Crippen molar-refractivity contribution in [3.8, 4) is 0 Å². The van der Waals surface area contributed by atoms with E-state index in [0.29, 0.717) is 6.54 Å². The molecule has 0 aliphatic heterocycles. The zero-order valence-electron chi connectivity index (χ0n) is 11.0. The first-order chi connectivity index (χ1) is 7.84. The van der Waals surface area contributed by atoms with Gasteiger partial charge in [-0.1, -0.05) is 13.8 Å². The molecule has 1 fully saturated rings. The summed E-state index contributed by atoms with van der Waals surface area (Å²) in [5.41, 5.74) is 8.18. The molecule has 2 N–H and O–H groups in total. The lowest BCUT2D eigenvalue weighted by atomic mass is 9.86. The first-order valence-corrected chi connectivity index (χ1v) is 6.01. The Labute approximate surface area is 103 Å². The van der Waals surface area contributed by atoms with Gasteiger partial charge in [-0.25, -0.2) is 4.39 Å². The molecule has 2 rings (SSSR count). The molecular weight excluding hydrogens is 215 g/mol. The molecule has 0 aromatic heterocycles. The van der Waals surface area contributed by atoms with Gasteiger partial charge in [0.05, 0.1) is 0 Å². The highest BCUT2D eigenvalue weighted by atomic mass is 19.1. The lowest BCUT2D eigenvalue weighted by molar-refractivity contribution is 0.499. The number of halogens is 1. The number of anilines is 1. The molecule has 0 spiro atoms. The molecule has 1 saturated carbocycles. The second-order valence-electron chi connectivity index (χ2n) is 5.90. The summed E-state index contributed by atoms with van der Waals surface area (Å²) in [7, 11) is 3.96. The molecular formula is C14H21FN2. The van der Waals surface area contributed by atoms with E-state index >= 15 is 0 Å². The molecule has 0 radical (unpaired) electrons. The van der Waals surface area contributed by atoms with Crippen molar-refractivity contribution in [3.05, 3.63) is 29.6 Å². The fourth-order valence-electron chi connectivity index (χ4n) is 2.91. The molecule has 0 saturated heterocycles. The second kappa shape index (κ2) is 3.70. The summed E-state index contributed by atoms with van der Waals surface area (Å²) in [6.45, 7) is 4.97. The van der Waals surface area contributed by atoms with E-state index in [0.717, 1.165) is 17.7 Å². The zero-order valence-corrected chi connectivity index (χ0v) is 11.0. The molecule has 0 bridgehead atoms. The summed E-state index contributed by atoms with van der Waals surface area (Å²) in [6, 6.07) is 5.01. The van der Waals surface area contributed by atoms with E-state index in [1.54, 1.807) is 6.07 Å². The van der Waals surface area contributed by atoms with Crippen LogP contribution in [-0.2, 0) is 5.41 Å². The van der Waals surface area contributed by atoms with Crippen molar-refractivity contribution in [1.29, 1.82) is 0 Å². The van der Waals surface area contributed by atoms with Gasteiger partial charge >= 0.3 is 0 Å². The summed E-state index contributed by atoms with van der Waals surface area (Å²) in [6.07, 6.45) is 1.03. The smallest absolute Gasteiger partial charge is 0.123 e. The third kappa shape index (κ3) is 1.73. The van der Waals surface area contributed by atoms with Gasteiger partial charge in [-0.15, -0.1) is 0 Å². The highest BCUT2D eigenvalue weighted by Gasteiger charge is 2.61. The zero-order chi connectivity index (χ0) is 12.8. The third-order valence-electron chi connectivity index (χ3n) is 4.22. The van der Waals surface area contributed by atoms with E-state index in [9.17, 15) is 4.39 Å². The van der Waals surface area contributed by atoms with Crippen LogP contribution in [0.3, 0.4) is 0 Å². The minimum Gasteiger partial charge on any atom is -0.377 e. The van der Waals surface area contributed by atoms with Gasteiger partial charge in [0.15, 0.2) is 0 Å². The predicted octanol–water partition coefficient (Wildman–Crippen LogP) is 2.52. The number of nitrogens with zero attached hydrogens (tertiary/aromatic N) is 1. The largest absolute Gasteiger partial charge is 0.377 e. The van der Waals surface area contributed by atoms with Crippen molar-refractivity contribution in [2.24, 2.45) is 11.1 Å². The maximum atomic E-state index is 13.5. The summed E-state index contributed by atoms with van der Waals surface area (Å²) < 4.78 is 13.5. The van der Waals surface area contributed by atoms with Crippen molar-refractivity contribution in [2.45, 2.75) is 25.7 Å². The summed E-state index contributed by atoms with van der Waals surface area (Å²) in [4.78, 5) is 2.03. The number of rotatable bonds is 3. The average Bonchev–Trinajstić information content (AvgIpc) is 2.81. The molecule has 0 amide bonds. The normalized spacial score (nSPS) is 25.8. The van der Waals surface area contributed by atoms with Crippen molar-refractivity contribution in [3.63, 3.8) is 0 Å². The number of hydrogen-bond donors (Lipinski definition) is 1. The van der Waals surface area contributed by atoms with Crippen LogP contribution in [0.5, 0.6) is 0 Å². The van der Waals surface area contributed by atoms with Crippen molar-refractivity contribution in [2.75, 3.05) is 25.5 Å². The van der Waals surface area contributed by atoms with Gasteiger partial charge in [0, 0.05) is 31.7 Å². The molecule has 1 unspecified atom stereocenters. The monoisotopic (exact) mass is 236 g/mol. The quantitative estimate of drug-likeness (QED) is 0.873. The predicted molar refractivity (Wildman–Crippen MR) is 69.9 cm³/mol. The molecule has 3 heteroatoms. The molecule has 1 aliphatic carbocycles. The highest BCUT2D eigenvalue weighted by Crippen LogP contribution is 2.65. The molecule has 1 aromatic rings. The standard InChI is InChI=1S/C14H21FN2/c1-13(2)8-14(13,9-16)11-7-10(15)5-6-12(11)17(3)4/h5-7H,8-9,16H2,1-4H3. The van der Waals surface area contributed by atoms with Crippen LogP contribution in [0.25, 0.3) is 0 Å². The van der Waals surface area contributed by atoms with Crippen LogP contribution in [0.15, 0.2) is 18.2 Å². The molecule has 2 nitrogen and oxygen atoms in total. The minimum absolute atomic E-state index is 0.0608. The van der Waals surface area contributed by atoms with Crippen LogP contribution in [0, 0.1) is 11.2 Å². The van der Waals surface area contributed by atoms with Gasteiger partial charge < -0.3 is 10.6 Å². The average molecular weight is 236 g/mol. The van der Waals surface area contributed by atoms with Gasteiger partial charge in [-0.2, -0.15) is 0 Å². The lowest BCUT2D eigenvalue weighted by Crippen LogP contribution is -2.28. The second-order valence-corrected chi connectivity index (χ2v) is 5.90. The van der Waals surface area contributed by atoms with E-state index in [2.05, 4.69) is 13.8 Å². The van der Waals surface area contributed by atoms with Crippen LogP contribution in [-0.4, -0.2) is 20.6 Å². The minimum atomic E-state index is -0.180. The Kier molecular flexibility index (Phi) is 2.69. The van der Waals surface area contributed by atoms with Crippen LogP contribution in [0.2, 0.25) is 0 Å². The number of hydrogen-bond acceptors (Lipinski definition) is 2. The lowest BCUT2D eigenvalue weighted by Gasteiger charge is -2.26. The number of nitrogens with two attached hydrogens (primary N) is 1. The van der Waals surface area contributed by atoms with Crippen LogP contribution >= 0.6 is 0 Å². The molecule has 0 heterocycles. The van der Waals surface area contributed by atoms with Gasteiger partial charge in [0.1, 0.15) is 5.82 Å². The van der Waals surface area contributed by atoms with Crippen molar-refractivity contribution < 1.29 is 4.39 Å². The Morgan fingerprint density at radius 1 is 1.35 bits per heavy atom. The van der Waals surface area contributed by atoms with E-state index in [4.69, 9.17) is 5.73 Å². The van der Waals surface area contributed by atoms with Crippen molar-refractivity contribution in [1.82, 2.24) is 0 Å². The fraction of sp³-hybridized carbons (Fsp3) is 0.571. The Morgan fingerprint density at radius 2 is 1.94 bits per heavy atom. The summed E-state index contributed by atoms with van der Waals surface area (Å²) in [5.74, 6) is -0.180. The molecule has 1 atom stereocenters. The topological polar surface area (TPSA) is 29.3 Å². The highest BCUT2D eigenvalue weighted by molar-refractivity contribution is 5.59. The maximum Gasteiger partial charge on any atom is 0.123 e. The molecule has 1 aliphatic rings. The van der Waals surface area contributed by atoms with E-state index < -0.39 is 0 Å². The fourth-order valence-corrected chi connectivity index (χ4v) is 2.91. The first-order valence-electron chi connectivity index (χ1n) is 6.01. The third-order valence-corrected chi connectivity index (χ3v) is 4.22. The van der Waals surface area contributed by atoms with E-state index in [1.165, 1.54) is 6.07 Å². The summed E-state index contributed by atoms with van der Waals surface area (Å²) >= 11 is 0. The van der Waals surface area contributed by atoms with Crippen LogP contribution < -0.4 is 10.6 Å². The molecule has 17 heavy (non-hydrogen) atoms.